The summed E-state index contributed by atoms with van der Waals surface area (Å²) in [6.07, 6.45) is 2.68. The summed E-state index contributed by atoms with van der Waals surface area (Å²) in [5.74, 6) is -4.09. The van der Waals surface area contributed by atoms with Crippen LogP contribution in [0, 0.1) is 11.7 Å². The van der Waals surface area contributed by atoms with Crippen LogP contribution in [-0.2, 0) is 28.4 Å². The van der Waals surface area contributed by atoms with E-state index in [1.165, 1.54) is 42.7 Å². The molecule has 1 aromatic heterocycles. The van der Waals surface area contributed by atoms with E-state index in [-0.39, 0.29) is 58.5 Å². The Morgan fingerprint density at radius 3 is 2.43 bits per heavy atom. The first-order valence-corrected chi connectivity index (χ1v) is 11.2. The largest absolute Gasteiger partial charge is 0.436 e. The van der Waals surface area contributed by atoms with Gasteiger partial charge in [0.25, 0.3) is 5.92 Å². The van der Waals surface area contributed by atoms with E-state index in [9.17, 15) is 22.8 Å². The number of alkyl halides is 2. The number of anilines is 1. The summed E-state index contributed by atoms with van der Waals surface area (Å²) in [6.45, 7) is 0.735. The van der Waals surface area contributed by atoms with Crippen molar-refractivity contribution in [2.24, 2.45) is 5.92 Å². The molecule has 0 bridgehead atoms. The van der Waals surface area contributed by atoms with Crippen molar-refractivity contribution in [3.8, 4) is 11.6 Å². The van der Waals surface area contributed by atoms with E-state index in [2.05, 4.69) is 15.3 Å². The predicted octanol–water partition coefficient (Wildman–Crippen LogP) is 5.88. The van der Waals surface area contributed by atoms with Gasteiger partial charge in [-0.25, -0.2) is 23.1 Å². The van der Waals surface area contributed by atoms with Crippen molar-refractivity contribution in [3.63, 3.8) is 0 Å². The van der Waals surface area contributed by atoms with Gasteiger partial charge >= 0.3 is 0 Å². The number of amides is 1. The molecule has 6 nitrogen and oxygen atoms in total. The normalized spacial score (nSPS) is 13.4. The molecule has 0 saturated heterocycles. The van der Waals surface area contributed by atoms with Gasteiger partial charge in [0.2, 0.25) is 11.8 Å². The summed E-state index contributed by atoms with van der Waals surface area (Å²) in [7, 11) is 0. The highest BCUT2D eigenvalue weighted by Crippen LogP contribution is 2.34. The molecule has 1 aliphatic carbocycles. The molecular weight excluding hydrogens is 483 g/mol. The van der Waals surface area contributed by atoms with Crippen LogP contribution in [0.15, 0.2) is 48.8 Å². The Labute approximate surface area is 204 Å². The first kappa shape index (κ1) is 24.7. The maximum atomic E-state index is 14.6. The van der Waals surface area contributed by atoms with Crippen LogP contribution in [0.3, 0.4) is 0 Å². The Hall–Kier alpha value is -3.46. The number of rotatable bonds is 9. The van der Waals surface area contributed by atoms with Crippen LogP contribution in [0.2, 0.25) is 5.02 Å². The van der Waals surface area contributed by atoms with Crippen LogP contribution in [0.1, 0.15) is 36.5 Å². The van der Waals surface area contributed by atoms with Crippen molar-refractivity contribution in [2.45, 2.75) is 38.5 Å². The van der Waals surface area contributed by atoms with Gasteiger partial charge in [-0.1, -0.05) is 23.7 Å². The van der Waals surface area contributed by atoms with Crippen molar-refractivity contribution in [3.05, 3.63) is 76.3 Å². The fraction of sp³-hybridized carbons (Fsp3) is 0.280. The summed E-state index contributed by atoms with van der Waals surface area (Å²) in [4.78, 5) is 32.2. The molecule has 0 radical (unpaired) electrons. The third-order valence-electron chi connectivity index (χ3n) is 5.36. The number of hydrogen-bond donors (Lipinski definition) is 1. The van der Waals surface area contributed by atoms with Gasteiger partial charge in [0, 0.05) is 42.3 Å². The Morgan fingerprint density at radius 2 is 1.77 bits per heavy atom. The topological polar surface area (TPSA) is 81.2 Å². The number of ketones is 1. The number of carbonyl (C=O) groups is 2. The Bertz CT molecular complexity index is 1280. The minimum absolute atomic E-state index is 0.00337. The summed E-state index contributed by atoms with van der Waals surface area (Å²) < 4.78 is 47.5. The Kier molecular flexibility index (Phi) is 7.07. The zero-order chi connectivity index (χ0) is 25.2. The van der Waals surface area contributed by atoms with Crippen molar-refractivity contribution in [1.29, 1.82) is 0 Å². The van der Waals surface area contributed by atoms with Crippen molar-refractivity contribution < 1.29 is 27.5 Å². The first-order valence-electron chi connectivity index (χ1n) is 10.9. The second-order valence-corrected chi connectivity index (χ2v) is 8.87. The second-order valence-electron chi connectivity index (χ2n) is 8.47. The van der Waals surface area contributed by atoms with Gasteiger partial charge in [-0.15, -0.1) is 0 Å². The average molecular weight is 504 g/mol. The number of nitrogens with zero attached hydrogens (tertiary/aromatic N) is 2. The maximum Gasteiger partial charge on any atom is 0.271 e. The number of benzene rings is 2. The molecule has 1 aliphatic rings. The van der Waals surface area contributed by atoms with Crippen LogP contribution in [0.25, 0.3) is 0 Å². The molecule has 1 N–H and O–H groups in total. The van der Waals surface area contributed by atoms with Gasteiger partial charge in [-0.05, 0) is 48.2 Å². The van der Waals surface area contributed by atoms with E-state index in [0.717, 1.165) is 25.8 Å². The van der Waals surface area contributed by atoms with Gasteiger partial charge < -0.3 is 10.1 Å². The molecule has 2 aromatic carbocycles. The average Bonchev–Trinajstić information content (AvgIpc) is 3.62. The van der Waals surface area contributed by atoms with Gasteiger partial charge in [-0.3, -0.25) is 9.59 Å². The van der Waals surface area contributed by atoms with Crippen LogP contribution >= 0.6 is 11.6 Å². The molecule has 4 rings (SSSR count). The summed E-state index contributed by atoms with van der Waals surface area (Å²) in [6, 6.07) is 9.49. The quantitative estimate of drug-likeness (QED) is 0.394. The molecule has 0 spiro atoms. The molecule has 3 aromatic rings. The van der Waals surface area contributed by atoms with Crippen LogP contribution in [-0.4, -0.2) is 21.7 Å². The summed E-state index contributed by atoms with van der Waals surface area (Å²) in [5, 5.41) is 2.58. The highest BCUT2D eigenvalue weighted by molar-refractivity contribution is 6.31. The SMILES string of the molecule is CC(F)(F)c1cc(CC(=O)Cc2ccc(Oc3cc(NC(=O)C4CC4)ncn3)c(F)c2)ccc1Cl. The molecule has 1 saturated carbocycles. The molecule has 0 unspecified atom stereocenters. The van der Waals surface area contributed by atoms with E-state index >= 15 is 0 Å². The zero-order valence-corrected chi connectivity index (χ0v) is 19.4. The minimum atomic E-state index is -3.14. The van der Waals surface area contributed by atoms with Crippen LogP contribution in [0.5, 0.6) is 11.6 Å². The van der Waals surface area contributed by atoms with E-state index < -0.39 is 11.7 Å². The lowest BCUT2D eigenvalue weighted by atomic mass is 9.99. The molecule has 0 aliphatic heterocycles. The lowest BCUT2D eigenvalue weighted by Gasteiger charge is -2.14. The Balaban J connectivity index is 1.39. The number of Topliss-reactive ketones (excluding diaryl/α,β-unsaturated/α-hetero) is 1. The van der Waals surface area contributed by atoms with E-state index in [0.29, 0.717) is 11.1 Å². The van der Waals surface area contributed by atoms with Gasteiger partial charge in [0.05, 0.1) is 0 Å². The van der Waals surface area contributed by atoms with Crippen molar-refractivity contribution in [2.75, 3.05) is 5.32 Å². The lowest BCUT2D eigenvalue weighted by molar-refractivity contribution is -0.118. The molecule has 35 heavy (non-hydrogen) atoms. The van der Waals surface area contributed by atoms with Gasteiger partial charge in [0.15, 0.2) is 11.6 Å². The number of ether oxygens (including phenoxy) is 1. The highest BCUT2D eigenvalue weighted by atomic mass is 35.5. The molecule has 1 fully saturated rings. The number of aromatic nitrogens is 2. The monoisotopic (exact) mass is 503 g/mol. The third-order valence-corrected chi connectivity index (χ3v) is 5.69. The van der Waals surface area contributed by atoms with E-state index in [1.54, 1.807) is 0 Å². The smallest absolute Gasteiger partial charge is 0.271 e. The molecule has 1 heterocycles. The van der Waals surface area contributed by atoms with Gasteiger partial charge in [-0.2, -0.15) is 0 Å². The van der Waals surface area contributed by atoms with E-state index in [4.69, 9.17) is 16.3 Å². The van der Waals surface area contributed by atoms with Crippen LogP contribution < -0.4 is 10.1 Å². The molecule has 0 atom stereocenters. The molecule has 182 valence electrons. The number of carbonyl (C=O) groups excluding carboxylic acids is 2. The predicted molar refractivity (Wildman–Crippen MR) is 123 cm³/mol. The van der Waals surface area contributed by atoms with Crippen molar-refractivity contribution in [1.82, 2.24) is 9.97 Å². The lowest BCUT2D eigenvalue weighted by Crippen LogP contribution is -2.14. The number of hydrogen-bond acceptors (Lipinski definition) is 5. The third kappa shape index (κ3) is 6.57. The minimum Gasteiger partial charge on any atom is -0.436 e. The molecular formula is C25H21ClF3N3O3. The van der Waals surface area contributed by atoms with Crippen molar-refractivity contribution >= 4 is 29.1 Å². The fourth-order valence-corrected chi connectivity index (χ4v) is 3.71. The van der Waals surface area contributed by atoms with E-state index in [1.807, 2.05) is 0 Å². The molecule has 1 amide bonds. The highest BCUT2D eigenvalue weighted by Gasteiger charge is 2.30. The Morgan fingerprint density at radius 1 is 1.09 bits per heavy atom. The van der Waals surface area contributed by atoms with Gasteiger partial charge in [0.1, 0.15) is 17.9 Å². The first-order chi connectivity index (χ1) is 16.6. The maximum absolute atomic E-state index is 14.6. The zero-order valence-electron chi connectivity index (χ0n) is 18.7. The standard InChI is InChI=1S/C25H21ClF3N3O3/c1-25(28,29)18-10-14(2-6-19(18)26)8-17(33)9-15-3-7-21(20(27)11-15)35-23-12-22(30-13-31-23)32-24(34)16-4-5-16/h2-3,6-7,10-13,16H,4-5,8-9H2,1H3,(H,30,31,32,34). The van der Waals surface area contributed by atoms with Crippen LogP contribution in [0.4, 0.5) is 19.0 Å². The molecule has 10 heteroatoms. The fourth-order valence-electron chi connectivity index (χ4n) is 3.42. The summed E-state index contributed by atoms with van der Waals surface area (Å²) in [5.41, 5.74) is 0.441. The number of nitrogens with one attached hydrogen (secondary N) is 1. The summed E-state index contributed by atoms with van der Waals surface area (Å²) >= 11 is 5.84. The number of halogens is 4. The second kappa shape index (κ2) is 10.0.